The number of alkyl carbamates (subject to hydrolysis) is 1. The maximum absolute atomic E-state index is 12.8. The highest BCUT2D eigenvalue weighted by atomic mass is 16.6. The van der Waals surface area contributed by atoms with Gasteiger partial charge in [0.25, 0.3) is 0 Å². The van der Waals surface area contributed by atoms with Crippen LogP contribution in [0.4, 0.5) is 9.59 Å². The van der Waals surface area contributed by atoms with Crippen LogP contribution in [0.2, 0.25) is 0 Å². The standard InChI is InChI=1S/C36H49N3O6/c1-35(2,3)45-33(42)38-29(21-26-15-9-6-10-16-26)31(40)24-37-25-32(41)30(22-27-17-11-7-12-18-27)39(34(43)44)36(4,5)23-28-19-13-8-14-20-28/h6-20,29-32,37,40-41H,21-25H2,1-5H3,(H,38,42)(H,43,44)/t29-,30-,31+,32+/m0/s1. The van der Waals surface area contributed by atoms with Crippen molar-refractivity contribution in [2.45, 2.75) is 89.3 Å². The maximum Gasteiger partial charge on any atom is 0.408 e. The molecule has 0 radical (unpaired) electrons. The fourth-order valence-electron chi connectivity index (χ4n) is 5.55. The lowest BCUT2D eigenvalue weighted by atomic mass is 9.88. The molecule has 3 aromatic rings. The third-order valence-electron chi connectivity index (χ3n) is 7.57. The summed E-state index contributed by atoms with van der Waals surface area (Å²) < 4.78 is 5.43. The van der Waals surface area contributed by atoms with E-state index in [-0.39, 0.29) is 13.1 Å². The number of aliphatic hydroxyl groups excluding tert-OH is 2. The van der Waals surface area contributed by atoms with Crippen LogP contribution in [0.1, 0.15) is 51.3 Å². The predicted octanol–water partition coefficient (Wildman–Crippen LogP) is 5.05. The van der Waals surface area contributed by atoms with E-state index in [4.69, 9.17) is 4.74 Å². The number of carbonyl (C=O) groups is 2. The van der Waals surface area contributed by atoms with E-state index in [1.54, 1.807) is 20.8 Å². The van der Waals surface area contributed by atoms with Crippen molar-refractivity contribution in [3.63, 3.8) is 0 Å². The summed E-state index contributed by atoms with van der Waals surface area (Å²) in [5, 5.41) is 39.1. The predicted molar refractivity (Wildman–Crippen MR) is 176 cm³/mol. The summed E-state index contributed by atoms with van der Waals surface area (Å²) >= 11 is 0. The van der Waals surface area contributed by atoms with E-state index in [0.717, 1.165) is 16.7 Å². The summed E-state index contributed by atoms with van der Waals surface area (Å²) in [6.07, 6.45) is -2.76. The topological polar surface area (TPSA) is 131 Å². The summed E-state index contributed by atoms with van der Waals surface area (Å²) in [6.45, 7) is 9.11. The number of amides is 2. The van der Waals surface area contributed by atoms with Crippen molar-refractivity contribution in [1.82, 2.24) is 15.5 Å². The van der Waals surface area contributed by atoms with E-state index in [1.807, 2.05) is 105 Å². The Morgan fingerprint density at radius 1 is 0.733 bits per heavy atom. The molecular weight excluding hydrogens is 570 g/mol. The van der Waals surface area contributed by atoms with Gasteiger partial charge in [-0.15, -0.1) is 0 Å². The Hall–Kier alpha value is -3.92. The van der Waals surface area contributed by atoms with Gasteiger partial charge < -0.3 is 30.7 Å². The average Bonchev–Trinajstić information content (AvgIpc) is 2.96. The van der Waals surface area contributed by atoms with Gasteiger partial charge in [-0.05, 0) is 70.6 Å². The molecule has 0 aromatic heterocycles. The number of hydrogen-bond donors (Lipinski definition) is 5. The van der Waals surface area contributed by atoms with Crippen molar-refractivity contribution in [2.24, 2.45) is 0 Å². The third-order valence-corrected chi connectivity index (χ3v) is 7.57. The number of carboxylic acid groups (broad SMARTS) is 1. The normalized spacial score (nSPS) is 14.6. The molecule has 0 fully saturated rings. The van der Waals surface area contributed by atoms with Crippen molar-refractivity contribution in [3.05, 3.63) is 108 Å². The van der Waals surface area contributed by atoms with E-state index >= 15 is 0 Å². The molecule has 45 heavy (non-hydrogen) atoms. The molecule has 2 amide bonds. The molecule has 0 bridgehead atoms. The van der Waals surface area contributed by atoms with Crippen LogP contribution in [0.15, 0.2) is 91.0 Å². The zero-order valence-electron chi connectivity index (χ0n) is 27.0. The van der Waals surface area contributed by atoms with E-state index < -0.39 is 47.6 Å². The molecule has 5 N–H and O–H groups in total. The van der Waals surface area contributed by atoms with Crippen LogP contribution >= 0.6 is 0 Å². The van der Waals surface area contributed by atoms with Gasteiger partial charge >= 0.3 is 12.2 Å². The summed E-state index contributed by atoms with van der Waals surface area (Å²) in [7, 11) is 0. The largest absolute Gasteiger partial charge is 0.465 e. The minimum Gasteiger partial charge on any atom is -0.465 e. The lowest BCUT2D eigenvalue weighted by Gasteiger charge is -2.44. The van der Waals surface area contributed by atoms with Gasteiger partial charge in [0.1, 0.15) is 5.60 Å². The highest BCUT2D eigenvalue weighted by Crippen LogP contribution is 2.27. The summed E-state index contributed by atoms with van der Waals surface area (Å²) in [5.41, 5.74) is 1.27. The molecule has 3 aromatic carbocycles. The first-order chi connectivity index (χ1) is 21.2. The highest BCUT2D eigenvalue weighted by Gasteiger charge is 2.40. The average molecular weight is 620 g/mol. The second kappa shape index (κ2) is 16.4. The molecule has 0 aliphatic heterocycles. The van der Waals surface area contributed by atoms with E-state index in [0.29, 0.717) is 19.3 Å². The molecule has 3 rings (SSSR count). The SMILES string of the molecule is CC(C)(C)OC(=O)N[C@@H](Cc1ccccc1)[C@H](O)CNC[C@@H](O)[C@H](Cc1ccccc1)N(C(=O)O)C(C)(C)Cc1ccccc1. The van der Waals surface area contributed by atoms with Crippen molar-refractivity contribution in [1.29, 1.82) is 0 Å². The molecule has 0 aliphatic carbocycles. The number of carbonyl (C=O) groups excluding carboxylic acids is 1. The zero-order valence-corrected chi connectivity index (χ0v) is 27.0. The van der Waals surface area contributed by atoms with Crippen LogP contribution in [0.25, 0.3) is 0 Å². The highest BCUT2D eigenvalue weighted by molar-refractivity contribution is 5.68. The number of nitrogens with zero attached hydrogens (tertiary/aromatic N) is 1. The minimum atomic E-state index is -1.12. The second-order valence-corrected chi connectivity index (χ2v) is 13.1. The van der Waals surface area contributed by atoms with Gasteiger partial charge in [0.15, 0.2) is 0 Å². The summed E-state index contributed by atoms with van der Waals surface area (Å²) in [4.78, 5) is 26.8. The molecular formula is C36H49N3O6. The molecule has 244 valence electrons. The molecule has 0 aliphatic rings. The third kappa shape index (κ3) is 11.8. The van der Waals surface area contributed by atoms with Gasteiger partial charge in [-0.1, -0.05) is 91.0 Å². The van der Waals surface area contributed by atoms with Crippen LogP contribution in [0.3, 0.4) is 0 Å². The molecule has 0 unspecified atom stereocenters. The smallest absolute Gasteiger partial charge is 0.408 e. The summed E-state index contributed by atoms with van der Waals surface area (Å²) in [5.74, 6) is 0. The van der Waals surface area contributed by atoms with E-state index in [9.17, 15) is 24.9 Å². The number of rotatable bonds is 15. The van der Waals surface area contributed by atoms with Crippen LogP contribution in [0, 0.1) is 0 Å². The van der Waals surface area contributed by atoms with Crippen molar-refractivity contribution >= 4 is 12.2 Å². The number of benzene rings is 3. The lowest BCUT2D eigenvalue weighted by molar-refractivity contribution is 0.000587. The Bertz CT molecular complexity index is 1310. The molecule has 4 atom stereocenters. The Balaban J connectivity index is 1.76. The van der Waals surface area contributed by atoms with Gasteiger partial charge in [0.05, 0.1) is 24.3 Å². The quantitative estimate of drug-likeness (QED) is 0.161. The monoisotopic (exact) mass is 619 g/mol. The zero-order chi connectivity index (χ0) is 33.0. The molecule has 9 heteroatoms. The number of aliphatic hydroxyl groups is 2. The van der Waals surface area contributed by atoms with Crippen molar-refractivity contribution in [2.75, 3.05) is 13.1 Å². The van der Waals surface area contributed by atoms with Gasteiger partial charge in [-0.3, -0.25) is 4.90 Å². The van der Waals surface area contributed by atoms with Crippen molar-refractivity contribution in [3.8, 4) is 0 Å². The first kappa shape index (κ1) is 35.6. The Labute approximate surface area is 267 Å². The van der Waals surface area contributed by atoms with E-state index in [1.165, 1.54) is 4.90 Å². The minimum absolute atomic E-state index is 0.0181. The second-order valence-electron chi connectivity index (χ2n) is 13.1. The first-order valence-corrected chi connectivity index (χ1v) is 15.5. The fourth-order valence-corrected chi connectivity index (χ4v) is 5.55. The van der Waals surface area contributed by atoms with Crippen LogP contribution < -0.4 is 10.6 Å². The van der Waals surface area contributed by atoms with Gasteiger partial charge in [-0.25, -0.2) is 9.59 Å². The Morgan fingerprint density at radius 3 is 1.69 bits per heavy atom. The van der Waals surface area contributed by atoms with Crippen molar-refractivity contribution < 1.29 is 29.6 Å². The molecule has 0 saturated heterocycles. The van der Waals surface area contributed by atoms with Crippen LogP contribution in [-0.4, -0.2) is 80.9 Å². The van der Waals surface area contributed by atoms with Gasteiger partial charge in [0, 0.05) is 18.6 Å². The number of ether oxygens (including phenoxy) is 1. The Morgan fingerprint density at radius 2 is 1.20 bits per heavy atom. The molecule has 0 spiro atoms. The van der Waals surface area contributed by atoms with Gasteiger partial charge in [0.2, 0.25) is 0 Å². The fraction of sp³-hybridized carbons (Fsp3) is 0.444. The Kier molecular flexibility index (Phi) is 13.0. The van der Waals surface area contributed by atoms with E-state index in [2.05, 4.69) is 10.6 Å². The van der Waals surface area contributed by atoms with Crippen LogP contribution in [0.5, 0.6) is 0 Å². The molecule has 9 nitrogen and oxygen atoms in total. The number of hydrogen-bond acceptors (Lipinski definition) is 6. The van der Waals surface area contributed by atoms with Crippen LogP contribution in [-0.2, 0) is 24.0 Å². The maximum atomic E-state index is 12.8. The number of nitrogens with one attached hydrogen (secondary N) is 2. The summed E-state index contributed by atoms with van der Waals surface area (Å²) in [6, 6.07) is 27.2. The first-order valence-electron chi connectivity index (χ1n) is 15.5. The van der Waals surface area contributed by atoms with Gasteiger partial charge in [-0.2, -0.15) is 0 Å². The lowest BCUT2D eigenvalue weighted by Crippen LogP contribution is -2.60. The molecule has 0 saturated carbocycles. The molecule has 0 heterocycles.